The summed E-state index contributed by atoms with van der Waals surface area (Å²) in [6.07, 6.45) is 4.18. The molecule has 6 nitrogen and oxygen atoms in total. The van der Waals surface area contributed by atoms with Gasteiger partial charge in [0, 0.05) is 29.8 Å². The van der Waals surface area contributed by atoms with E-state index in [4.69, 9.17) is 4.98 Å². The molecule has 3 aliphatic rings. The van der Waals surface area contributed by atoms with Gasteiger partial charge in [-0.2, -0.15) is 0 Å². The molecule has 6 heteroatoms. The highest BCUT2D eigenvalue weighted by molar-refractivity contribution is 5.75. The number of fused-ring (bicyclic) bond motifs is 3. The minimum atomic E-state index is -0.475. The Morgan fingerprint density at radius 2 is 2.03 bits per heavy atom. The van der Waals surface area contributed by atoms with Gasteiger partial charge < -0.3 is 20.2 Å². The fraction of sp³-hybridized carbons (Fsp3) is 0.565. The number of aliphatic hydroxyl groups is 1. The monoisotopic (exact) mass is 393 g/mol. The smallest absolute Gasteiger partial charge is 0.140 e. The third-order valence-corrected chi connectivity index (χ3v) is 6.99. The molecule has 1 aromatic carbocycles. The number of nitrogens with zero attached hydrogens (tertiary/aromatic N) is 4. The van der Waals surface area contributed by atoms with Gasteiger partial charge in [-0.1, -0.05) is 19.1 Å². The number of aromatic nitrogens is 2. The number of hydrogen-bond donors (Lipinski definition) is 2. The van der Waals surface area contributed by atoms with E-state index in [0.29, 0.717) is 0 Å². The van der Waals surface area contributed by atoms with E-state index in [2.05, 4.69) is 59.3 Å². The highest BCUT2D eigenvalue weighted by Gasteiger charge is 2.47. The Hall–Kier alpha value is -2.02. The summed E-state index contributed by atoms with van der Waals surface area (Å²) in [5.41, 5.74) is 6.34. The number of nitrogens with one attached hydrogen (secondary N) is 1. The van der Waals surface area contributed by atoms with Crippen LogP contribution < -0.4 is 10.2 Å². The lowest BCUT2D eigenvalue weighted by atomic mass is 9.73. The van der Waals surface area contributed by atoms with E-state index >= 15 is 0 Å². The van der Waals surface area contributed by atoms with Crippen LogP contribution in [0.15, 0.2) is 24.5 Å². The Kier molecular flexibility index (Phi) is 4.61. The summed E-state index contributed by atoms with van der Waals surface area (Å²) >= 11 is 0. The average Bonchev–Trinajstić information content (AvgIpc) is 3.17. The normalized spacial score (nSPS) is 24.9. The molecule has 2 aromatic rings. The van der Waals surface area contributed by atoms with Crippen LogP contribution in [0.4, 0.5) is 11.5 Å². The number of benzene rings is 1. The van der Waals surface area contributed by atoms with Gasteiger partial charge in [-0.3, -0.25) is 0 Å². The fourth-order valence-corrected chi connectivity index (χ4v) is 5.78. The Labute approximate surface area is 173 Å². The molecule has 2 aliphatic heterocycles. The standard InChI is InChI=1S/C23H31N5O/c1-15-11-18(29)21-19(15)22(26-14-25-21)28-13-23(7-9-24-10-8-23)20-16(12-27(2)3)5-4-6-17(20)28/h4-6,14-15,18,24,29H,7-13H2,1-3H3/t15-,18-/m1/s1. The minimum absolute atomic E-state index is 0.158. The van der Waals surface area contributed by atoms with E-state index in [1.807, 2.05) is 0 Å². The van der Waals surface area contributed by atoms with Crippen molar-refractivity contribution >= 4 is 11.5 Å². The van der Waals surface area contributed by atoms with Crippen LogP contribution in [0.1, 0.15) is 60.6 Å². The van der Waals surface area contributed by atoms with Crippen molar-refractivity contribution in [2.45, 2.75) is 50.2 Å². The molecule has 154 valence electrons. The van der Waals surface area contributed by atoms with Gasteiger partial charge in [-0.05, 0) is 69.6 Å². The molecule has 1 aliphatic carbocycles. The van der Waals surface area contributed by atoms with Gasteiger partial charge in [-0.25, -0.2) is 9.97 Å². The molecule has 0 unspecified atom stereocenters. The first-order chi connectivity index (χ1) is 14.0. The van der Waals surface area contributed by atoms with Crippen molar-refractivity contribution in [2.75, 3.05) is 38.6 Å². The van der Waals surface area contributed by atoms with Crippen molar-refractivity contribution in [2.24, 2.45) is 0 Å². The van der Waals surface area contributed by atoms with E-state index in [9.17, 15) is 5.11 Å². The maximum atomic E-state index is 10.5. The van der Waals surface area contributed by atoms with Crippen molar-refractivity contribution in [1.82, 2.24) is 20.2 Å². The molecule has 1 spiro atoms. The van der Waals surface area contributed by atoms with Gasteiger partial charge in [0.1, 0.15) is 12.1 Å². The van der Waals surface area contributed by atoms with Gasteiger partial charge in [-0.15, -0.1) is 0 Å². The van der Waals surface area contributed by atoms with Gasteiger partial charge in [0.2, 0.25) is 0 Å². The molecule has 3 heterocycles. The van der Waals surface area contributed by atoms with Crippen molar-refractivity contribution in [1.29, 1.82) is 0 Å². The summed E-state index contributed by atoms with van der Waals surface area (Å²) in [5.74, 6) is 1.27. The average molecular weight is 394 g/mol. The number of anilines is 2. The maximum absolute atomic E-state index is 10.5. The van der Waals surface area contributed by atoms with Crippen molar-refractivity contribution in [3.63, 3.8) is 0 Å². The molecule has 1 fully saturated rings. The highest BCUT2D eigenvalue weighted by atomic mass is 16.3. The largest absolute Gasteiger partial charge is 0.387 e. The summed E-state index contributed by atoms with van der Waals surface area (Å²) in [6, 6.07) is 6.74. The molecule has 2 N–H and O–H groups in total. The quantitative estimate of drug-likeness (QED) is 0.836. The van der Waals surface area contributed by atoms with Crippen LogP contribution >= 0.6 is 0 Å². The second kappa shape index (κ2) is 7.04. The van der Waals surface area contributed by atoms with Crippen molar-refractivity contribution < 1.29 is 5.11 Å². The van der Waals surface area contributed by atoms with Gasteiger partial charge >= 0.3 is 0 Å². The van der Waals surface area contributed by atoms with Crippen LogP contribution in [0.25, 0.3) is 0 Å². The molecule has 0 amide bonds. The van der Waals surface area contributed by atoms with E-state index in [1.54, 1.807) is 6.33 Å². The predicted octanol–water partition coefficient (Wildman–Crippen LogP) is 2.85. The van der Waals surface area contributed by atoms with Crippen molar-refractivity contribution in [3.05, 3.63) is 46.9 Å². The molecule has 1 aromatic heterocycles. The molecule has 5 rings (SSSR count). The molecule has 0 saturated carbocycles. The Bertz CT molecular complexity index is 921. The Balaban J connectivity index is 1.67. The summed E-state index contributed by atoms with van der Waals surface area (Å²) in [6.45, 7) is 6.20. The predicted molar refractivity (Wildman–Crippen MR) is 115 cm³/mol. The van der Waals surface area contributed by atoms with E-state index < -0.39 is 6.10 Å². The lowest BCUT2D eigenvalue weighted by molar-refractivity contribution is 0.170. The van der Waals surface area contributed by atoms with Crippen LogP contribution in [0.2, 0.25) is 0 Å². The topological polar surface area (TPSA) is 64.5 Å². The number of aliphatic hydroxyl groups excluding tert-OH is 1. The lowest BCUT2D eigenvalue weighted by Gasteiger charge is -2.36. The van der Waals surface area contributed by atoms with Crippen molar-refractivity contribution in [3.8, 4) is 0 Å². The highest BCUT2D eigenvalue weighted by Crippen LogP contribution is 2.52. The van der Waals surface area contributed by atoms with E-state index in [0.717, 1.165) is 62.5 Å². The first kappa shape index (κ1) is 19.0. The van der Waals surface area contributed by atoms with E-state index in [-0.39, 0.29) is 11.3 Å². The zero-order valence-corrected chi connectivity index (χ0v) is 17.6. The first-order valence-corrected chi connectivity index (χ1v) is 10.8. The Morgan fingerprint density at radius 1 is 1.24 bits per heavy atom. The number of piperidine rings is 1. The molecule has 1 saturated heterocycles. The number of rotatable bonds is 3. The van der Waals surface area contributed by atoms with Gasteiger partial charge in [0.25, 0.3) is 0 Å². The number of hydrogen-bond acceptors (Lipinski definition) is 6. The third-order valence-electron chi connectivity index (χ3n) is 6.99. The molecular weight excluding hydrogens is 362 g/mol. The summed E-state index contributed by atoms with van der Waals surface area (Å²) in [4.78, 5) is 13.9. The maximum Gasteiger partial charge on any atom is 0.140 e. The van der Waals surface area contributed by atoms with Crippen LogP contribution in [0, 0.1) is 0 Å². The van der Waals surface area contributed by atoms with E-state index in [1.165, 1.54) is 16.8 Å². The molecular formula is C23H31N5O. The minimum Gasteiger partial charge on any atom is -0.387 e. The first-order valence-electron chi connectivity index (χ1n) is 10.8. The molecule has 29 heavy (non-hydrogen) atoms. The van der Waals surface area contributed by atoms with Crippen LogP contribution in [0.5, 0.6) is 0 Å². The SMILES string of the molecule is C[C@@H]1C[C@@H](O)c2ncnc(N3CC4(CCNCC4)c4c(CN(C)C)cccc43)c21. The second-order valence-electron chi connectivity index (χ2n) is 9.31. The molecule has 0 bridgehead atoms. The van der Waals surface area contributed by atoms with Crippen LogP contribution in [-0.4, -0.2) is 53.7 Å². The Morgan fingerprint density at radius 3 is 2.79 bits per heavy atom. The van der Waals surface area contributed by atoms with Gasteiger partial charge in [0.05, 0.1) is 11.8 Å². The second-order valence-corrected chi connectivity index (χ2v) is 9.31. The zero-order chi connectivity index (χ0) is 20.2. The summed E-state index contributed by atoms with van der Waals surface area (Å²) in [7, 11) is 4.28. The third kappa shape index (κ3) is 2.97. The van der Waals surface area contributed by atoms with Gasteiger partial charge in [0.15, 0.2) is 0 Å². The van der Waals surface area contributed by atoms with Crippen LogP contribution in [-0.2, 0) is 12.0 Å². The fourth-order valence-electron chi connectivity index (χ4n) is 5.78. The summed E-state index contributed by atoms with van der Waals surface area (Å²) in [5, 5.41) is 14.0. The molecule has 2 atom stereocenters. The zero-order valence-electron chi connectivity index (χ0n) is 17.6. The molecule has 0 radical (unpaired) electrons. The lowest BCUT2D eigenvalue weighted by Crippen LogP contribution is -2.43. The summed E-state index contributed by atoms with van der Waals surface area (Å²) < 4.78 is 0. The van der Waals surface area contributed by atoms with Crippen LogP contribution in [0.3, 0.4) is 0 Å².